The predicted octanol–water partition coefficient (Wildman–Crippen LogP) is 0.269. The minimum absolute atomic E-state index is 0. The number of halogens is 2. The zero-order chi connectivity index (χ0) is 20.3. The van der Waals surface area contributed by atoms with Crippen LogP contribution in [0.3, 0.4) is 0 Å². The van der Waals surface area contributed by atoms with Crippen LogP contribution in [-0.2, 0) is 24.7 Å². The van der Waals surface area contributed by atoms with Crippen LogP contribution in [-0.4, -0.2) is 8.41 Å². The van der Waals surface area contributed by atoms with E-state index in [1.54, 1.807) is 10.4 Å². The molecule has 4 rings (SSSR count). The van der Waals surface area contributed by atoms with Crippen molar-refractivity contribution in [3.8, 4) is 0 Å². The van der Waals surface area contributed by atoms with E-state index in [0.717, 1.165) is 6.42 Å². The van der Waals surface area contributed by atoms with E-state index in [4.69, 9.17) is 0 Å². The summed E-state index contributed by atoms with van der Waals surface area (Å²) in [4.78, 5) is 1.63. The Hall–Kier alpha value is -0.530. The molecule has 0 nitrogen and oxygen atoms in total. The fourth-order valence-electron chi connectivity index (χ4n) is 5.26. The van der Waals surface area contributed by atoms with Gasteiger partial charge in [-0.3, -0.25) is 0 Å². The second-order valence-electron chi connectivity index (χ2n) is 10.0. The van der Waals surface area contributed by atoms with Crippen LogP contribution < -0.4 is 30.0 Å². The third-order valence-electron chi connectivity index (χ3n) is 5.80. The van der Waals surface area contributed by atoms with Crippen LogP contribution in [0.25, 0.3) is 8.85 Å². The molecule has 2 aromatic rings. The molecule has 2 aliphatic rings. The molecule has 0 aliphatic heterocycles. The van der Waals surface area contributed by atoms with Crippen molar-refractivity contribution in [1.82, 2.24) is 0 Å². The Labute approximate surface area is 209 Å². The van der Waals surface area contributed by atoms with Crippen molar-refractivity contribution in [2.45, 2.75) is 58.0 Å². The molecule has 0 amide bonds. The number of fused-ring (bicyclic) bond motifs is 2. The molecule has 30 heavy (non-hydrogen) atoms. The minimum Gasteiger partial charge on any atom is -1.00 e. The number of benzene rings is 2. The molecule has 0 spiro atoms. The van der Waals surface area contributed by atoms with Crippen molar-refractivity contribution in [2.75, 3.05) is 0 Å². The molecule has 0 saturated heterocycles. The average molecular weight is 532 g/mol. The van der Waals surface area contributed by atoms with Gasteiger partial charge in [-0.2, -0.15) is 0 Å². The molecular formula is C26H29Cl2SiZr. The van der Waals surface area contributed by atoms with Crippen LogP contribution in [0, 0.1) is 15.3 Å². The van der Waals surface area contributed by atoms with Crippen LogP contribution in [0.1, 0.15) is 59.1 Å². The van der Waals surface area contributed by atoms with Gasteiger partial charge in [0.1, 0.15) is 0 Å². The van der Waals surface area contributed by atoms with Crippen LogP contribution >= 0.6 is 0 Å². The Morgan fingerprint density at radius 1 is 0.767 bits per heavy atom. The fraction of sp³-hybridized carbons (Fsp3) is 0.346. The van der Waals surface area contributed by atoms with Crippen molar-refractivity contribution in [3.63, 3.8) is 0 Å². The van der Waals surface area contributed by atoms with Gasteiger partial charge in [-0.25, -0.2) is 0 Å². The fourth-order valence-corrected chi connectivity index (χ4v) is 11.1. The summed E-state index contributed by atoms with van der Waals surface area (Å²) < 4.78 is 1.53. The predicted molar refractivity (Wildman–Crippen MR) is 118 cm³/mol. The molecule has 4 heteroatoms. The summed E-state index contributed by atoms with van der Waals surface area (Å²) in [5.41, 5.74) is 4.60. The van der Waals surface area contributed by atoms with Gasteiger partial charge >= 0.3 is 186 Å². The molecule has 0 unspecified atom stereocenters. The van der Waals surface area contributed by atoms with Gasteiger partial charge in [0.15, 0.2) is 0 Å². The molecule has 0 radical (unpaired) electrons. The van der Waals surface area contributed by atoms with Gasteiger partial charge in [-0.05, 0) is 0 Å². The van der Waals surface area contributed by atoms with Crippen LogP contribution in [0.2, 0.25) is 10.1 Å². The first-order chi connectivity index (χ1) is 13.1. The van der Waals surface area contributed by atoms with Crippen molar-refractivity contribution in [1.29, 1.82) is 0 Å². The van der Waals surface area contributed by atoms with Crippen molar-refractivity contribution < 1.29 is 49.5 Å². The third kappa shape index (κ3) is 4.36. The summed E-state index contributed by atoms with van der Waals surface area (Å²) >= 11 is 1.52. The van der Waals surface area contributed by atoms with E-state index in [1.165, 1.54) is 54.8 Å². The maximum Gasteiger partial charge on any atom is -1.00 e. The topological polar surface area (TPSA) is 0 Å². The zero-order valence-electron chi connectivity index (χ0n) is 18.7. The Morgan fingerprint density at radius 2 is 1.37 bits per heavy atom. The standard InChI is InChI=1S/C26H29Si.2ClH.Zr/c1-25(2,3)27(26(4,5)6)23-16-15-21-20-14-10-9-13-19(20)17-22(21)24(23)18-11-7-8-12-18;;;/h7-11,13-16H,12H2,1-6H3;2*1H;/q;;;+2/p-2. The van der Waals surface area contributed by atoms with Crippen molar-refractivity contribution >= 4 is 17.3 Å². The van der Waals surface area contributed by atoms with E-state index < -0.39 is 8.41 Å². The van der Waals surface area contributed by atoms with E-state index >= 15 is 0 Å². The average Bonchev–Trinajstić information content (AvgIpc) is 3.21. The molecule has 0 bridgehead atoms. The first kappa shape index (κ1) is 25.7. The van der Waals surface area contributed by atoms with Gasteiger partial charge in [0.25, 0.3) is 0 Å². The summed E-state index contributed by atoms with van der Waals surface area (Å²) in [7, 11) is -0.822. The minimum atomic E-state index is -0.822. The second-order valence-corrected chi connectivity index (χ2v) is 15.5. The Balaban J connectivity index is 0.00000160. The van der Waals surface area contributed by atoms with Gasteiger partial charge in [-0.15, -0.1) is 0 Å². The molecule has 0 N–H and O–H groups in total. The summed E-state index contributed by atoms with van der Waals surface area (Å²) in [6.07, 6.45) is 7.97. The van der Waals surface area contributed by atoms with Crippen LogP contribution in [0.5, 0.6) is 0 Å². The van der Waals surface area contributed by atoms with Gasteiger partial charge in [0.05, 0.1) is 0 Å². The maximum absolute atomic E-state index is 2.49. The normalized spacial score (nSPS) is 14.5. The Morgan fingerprint density at radius 3 is 1.90 bits per heavy atom. The van der Waals surface area contributed by atoms with Gasteiger partial charge in [0.2, 0.25) is 0 Å². The summed E-state index contributed by atoms with van der Waals surface area (Å²) in [5, 5.41) is 4.90. The molecule has 0 fully saturated rings. The van der Waals surface area contributed by atoms with E-state index in [1.807, 2.05) is 0 Å². The second kappa shape index (κ2) is 9.14. The van der Waals surface area contributed by atoms with Crippen molar-refractivity contribution in [3.05, 3.63) is 86.2 Å². The third-order valence-corrected chi connectivity index (χ3v) is 11.0. The quantitative estimate of drug-likeness (QED) is 0.464. The smallest absolute Gasteiger partial charge is 1.00 e. The summed E-state index contributed by atoms with van der Waals surface area (Å²) in [6.45, 7) is 14.7. The number of hydrogen-bond donors (Lipinski definition) is 0. The van der Waals surface area contributed by atoms with Gasteiger partial charge in [0, 0.05) is 0 Å². The van der Waals surface area contributed by atoms with Crippen LogP contribution in [0.15, 0.2) is 54.6 Å². The Kier molecular flexibility index (Phi) is 7.84. The maximum atomic E-state index is 2.49. The summed E-state index contributed by atoms with van der Waals surface area (Å²) in [5.74, 6) is 0. The molecule has 0 heterocycles. The number of hydrogen-bond acceptors (Lipinski definition) is 0. The summed E-state index contributed by atoms with van der Waals surface area (Å²) in [6, 6.07) is 13.9. The molecule has 0 atom stereocenters. The largest absolute Gasteiger partial charge is 1.00 e. The molecule has 2 aliphatic carbocycles. The monoisotopic (exact) mass is 529 g/mol. The molecule has 0 saturated carbocycles. The zero-order valence-corrected chi connectivity index (χ0v) is 23.6. The molecule has 2 aromatic carbocycles. The first-order valence-electron chi connectivity index (χ1n) is 10.2. The molecule has 0 aromatic heterocycles. The SMILES string of the molecule is CC(C)(C)[Si](=c1ccc2c(c1C1=CC=CC1)[C]([Zr+2])=c1ccccc1=2)C(C)(C)C.[Cl-].[Cl-]. The van der Waals surface area contributed by atoms with Gasteiger partial charge in [-0.1, -0.05) is 0 Å². The Bertz CT molecular complexity index is 1240. The van der Waals surface area contributed by atoms with Gasteiger partial charge < -0.3 is 24.8 Å². The molecule has 155 valence electrons. The van der Waals surface area contributed by atoms with Crippen molar-refractivity contribution in [2.24, 2.45) is 0 Å². The first-order valence-corrected chi connectivity index (χ1v) is 12.9. The number of allylic oxidation sites excluding steroid dienone is 4. The van der Waals surface area contributed by atoms with E-state index in [9.17, 15) is 0 Å². The van der Waals surface area contributed by atoms with E-state index in [0.29, 0.717) is 10.1 Å². The number of rotatable bonds is 1. The van der Waals surface area contributed by atoms with Crippen LogP contribution in [0.4, 0.5) is 0 Å². The van der Waals surface area contributed by atoms with E-state index in [-0.39, 0.29) is 24.8 Å². The van der Waals surface area contributed by atoms with E-state index in [2.05, 4.69) is 96.2 Å². The molecular weight excluding hydrogens is 503 g/mol.